The van der Waals surface area contributed by atoms with Crippen LogP contribution in [0.3, 0.4) is 0 Å². The highest BCUT2D eigenvalue weighted by Crippen LogP contribution is 2.24. The average molecular weight is 221 g/mol. The van der Waals surface area contributed by atoms with E-state index in [1.807, 2.05) is 6.26 Å². The fourth-order valence-electron chi connectivity index (χ4n) is 2.62. The molecule has 1 aliphatic carbocycles. The fraction of sp³-hybridized carbons (Fsp3) is 0.714. The second-order valence-corrected chi connectivity index (χ2v) is 5.26. The molecule has 90 valence electrons. The molecule has 0 aliphatic heterocycles. The summed E-state index contributed by atoms with van der Waals surface area (Å²) in [5.41, 5.74) is 1.26. The Kier molecular flexibility index (Phi) is 4.05. The van der Waals surface area contributed by atoms with Gasteiger partial charge in [-0.1, -0.05) is 19.8 Å². The molecule has 1 fully saturated rings. The molecule has 1 aromatic heterocycles. The number of nitrogens with one attached hydrogen (secondary N) is 1. The van der Waals surface area contributed by atoms with Gasteiger partial charge in [-0.3, -0.25) is 0 Å². The third-order valence-corrected chi connectivity index (χ3v) is 3.79. The maximum absolute atomic E-state index is 5.13. The second kappa shape index (κ2) is 5.53. The Morgan fingerprint density at radius 2 is 2.19 bits per heavy atom. The molecule has 1 heterocycles. The second-order valence-electron chi connectivity index (χ2n) is 5.26. The quantitative estimate of drug-likeness (QED) is 0.783. The van der Waals surface area contributed by atoms with E-state index in [9.17, 15) is 0 Å². The lowest BCUT2D eigenvalue weighted by atomic mass is 10.0. The van der Waals surface area contributed by atoms with E-state index in [4.69, 9.17) is 4.42 Å². The monoisotopic (exact) mass is 221 g/mol. The summed E-state index contributed by atoms with van der Waals surface area (Å²) < 4.78 is 5.13. The highest BCUT2D eigenvalue weighted by Gasteiger charge is 2.18. The van der Waals surface area contributed by atoms with Gasteiger partial charge in [-0.25, -0.2) is 0 Å². The van der Waals surface area contributed by atoms with Gasteiger partial charge in [0.15, 0.2) is 0 Å². The first-order valence-electron chi connectivity index (χ1n) is 6.54. The van der Waals surface area contributed by atoms with E-state index in [1.54, 1.807) is 6.26 Å². The topological polar surface area (TPSA) is 25.2 Å². The Morgan fingerprint density at radius 3 is 2.94 bits per heavy atom. The van der Waals surface area contributed by atoms with E-state index >= 15 is 0 Å². The molecule has 2 rings (SSSR count). The van der Waals surface area contributed by atoms with Crippen molar-refractivity contribution in [3.63, 3.8) is 0 Å². The van der Waals surface area contributed by atoms with Crippen molar-refractivity contribution in [2.75, 3.05) is 0 Å². The minimum atomic E-state index is 0.414. The predicted molar refractivity (Wildman–Crippen MR) is 66.3 cm³/mol. The SMILES string of the molecule is CC1CCCC(NC(C)c2ccoc2)CC1. The van der Waals surface area contributed by atoms with Crippen LogP contribution in [0.25, 0.3) is 0 Å². The summed E-state index contributed by atoms with van der Waals surface area (Å²) in [5.74, 6) is 0.913. The van der Waals surface area contributed by atoms with E-state index in [0.717, 1.165) is 5.92 Å². The lowest BCUT2D eigenvalue weighted by Crippen LogP contribution is -2.30. The Morgan fingerprint density at radius 1 is 1.31 bits per heavy atom. The van der Waals surface area contributed by atoms with Crippen molar-refractivity contribution in [3.8, 4) is 0 Å². The van der Waals surface area contributed by atoms with Crippen molar-refractivity contribution in [2.24, 2.45) is 5.92 Å². The van der Waals surface area contributed by atoms with Crippen molar-refractivity contribution in [2.45, 2.75) is 58.0 Å². The van der Waals surface area contributed by atoms with E-state index in [-0.39, 0.29) is 0 Å². The molecule has 0 amide bonds. The molecular weight excluding hydrogens is 198 g/mol. The minimum Gasteiger partial charge on any atom is -0.472 e. The average Bonchev–Trinajstić information content (AvgIpc) is 2.72. The number of hydrogen-bond acceptors (Lipinski definition) is 2. The molecular formula is C14H23NO. The summed E-state index contributed by atoms with van der Waals surface area (Å²) in [6.45, 7) is 4.60. The van der Waals surface area contributed by atoms with Crippen LogP contribution in [0.5, 0.6) is 0 Å². The van der Waals surface area contributed by atoms with E-state index in [0.29, 0.717) is 12.1 Å². The van der Waals surface area contributed by atoms with Crippen molar-refractivity contribution in [3.05, 3.63) is 24.2 Å². The molecule has 1 aromatic rings. The molecule has 1 aliphatic rings. The number of rotatable bonds is 3. The van der Waals surface area contributed by atoms with Crippen LogP contribution in [-0.4, -0.2) is 6.04 Å². The molecule has 2 heteroatoms. The van der Waals surface area contributed by atoms with Gasteiger partial charge in [-0.05, 0) is 38.2 Å². The summed E-state index contributed by atoms with van der Waals surface area (Å²) in [7, 11) is 0. The van der Waals surface area contributed by atoms with E-state index in [2.05, 4.69) is 25.2 Å². The molecule has 0 radical (unpaired) electrons. The van der Waals surface area contributed by atoms with Crippen LogP contribution in [-0.2, 0) is 0 Å². The molecule has 2 nitrogen and oxygen atoms in total. The lowest BCUT2D eigenvalue weighted by molar-refractivity contribution is 0.406. The van der Waals surface area contributed by atoms with Crippen LogP contribution >= 0.6 is 0 Å². The van der Waals surface area contributed by atoms with Gasteiger partial charge in [0.25, 0.3) is 0 Å². The first-order chi connectivity index (χ1) is 7.75. The third-order valence-electron chi connectivity index (χ3n) is 3.79. The van der Waals surface area contributed by atoms with Crippen molar-refractivity contribution >= 4 is 0 Å². The smallest absolute Gasteiger partial charge is 0.0950 e. The molecule has 0 spiro atoms. The van der Waals surface area contributed by atoms with Gasteiger partial charge in [0.2, 0.25) is 0 Å². The minimum absolute atomic E-state index is 0.414. The molecule has 3 atom stereocenters. The summed E-state index contributed by atoms with van der Waals surface area (Å²) in [4.78, 5) is 0. The summed E-state index contributed by atoms with van der Waals surface area (Å²) in [6, 6.07) is 3.16. The maximum atomic E-state index is 5.13. The molecule has 1 N–H and O–H groups in total. The summed E-state index contributed by atoms with van der Waals surface area (Å²) in [6.07, 6.45) is 10.4. The van der Waals surface area contributed by atoms with E-state index in [1.165, 1.54) is 37.7 Å². The first-order valence-corrected chi connectivity index (χ1v) is 6.54. The summed E-state index contributed by atoms with van der Waals surface area (Å²) in [5, 5.41) is 3.72. The van der Waals surface area contributed by atoms with Gasteiger partial charge in [0, 0.05) is 17.6 Å². The molecule has 0 saturated heterocycles. The van der Waals surface area contributed by atoms with Crippen LogP contribution in [0.2, 0.25) is 0 Å². The van der Waals surface area contributed by atoms with Crippen molar-refractivity contribution in [1.82, 2.24) is 5.32 Å². The van der Waals surface area contributed by atoms with Gasteiger partial charge in [-0.2, -0.15) is 0 Å². The van der Waals surface area contributed by atoms with Gasteiger partial charge in [0.05, 0.1) is 12.5 Å². The van der Waals surface area contributed by atoms with Crippen molar-refractivity contribution in [1.29, 1.82) is 0 Å². The van der Waals surface area contributed by atoms with Crippen LogP contribution in [0.4, 0.5) is 0 Å². The Balaban J connectivity index is 1.84. The van der Waals surface area contributed by atoms with E-state index < -0.39 is 0 Å². The zero-order valence-corrected chi connectivity index (χ0v) is 10.4. The summed E-state index contributed by atoms with van der Waals surface area (Å²) >= 11 is 0. The third kappa shape index (κ3) is 3.11. The Bertz CT molecular complexity index is 294. The Hall–Kier alpha value is -0.760. The number of hydrogen-bond donors (Lipinski definition) is 1. The standard InChI is InChI=1S/C14H23NO/c1-11-4-3-5-14(7-6-11)15-12(2)13-8-9-16-10-13/h8-12,14-15H,3-7H2,1-2H3. The molecule has 3 unspecified atom stereocenters. The largest absolute Gasteiger partial charge is 0.472 e. The molecule has 0 aromatic carbocycles. The molecule has 0 bridgehead atoms. The van der Waals surface area contributed by atoms with Crippen LogP contribution in [0.15, 0.2) is 23.0 Å². The van der Waals surface area contributed by atoms with Crippen molar-refractivity contribution < 1.29 is 4.42 Å². The van der Waals surface area contributed by atoms with Gasteiger partial charge < -0.3 is 9.73 Å². The van der Waals surface area contributed by atoms with Gasteiger partial charge in [-0.15, -0.1) is 0 Å². The fourth-order valence-corrected chi connectivity index (χ4v) is 2.62. The van der Waals surface area contributed by atoms with Crippen LogP contribution in [0, 0.1) is 5.92 Å². The predicted octanol–water partition coefficient (Wildman–Crippen LogP) is 3.90. The lowest BCUT2D eigenvalue weighted by Gasteiger charge is -2.21. The Labute approximate surface area is 98.4 Å². The number of furan rings is 1. The van der Waals surface area contributed by atoms with Crippen LogP contribution < -0.4 is 5.32 Å². The maximum Gasteiger partial charge on any atom is 0.0950 e. The highest BCUT2D eigenvalue weighted by molar-refractivity contribution is 5.10. The first kappa shape index (κ1) is 11.7. The normalized spacial score (nSPS) is 28.6. The zero-order valence-electron chi connectivity index (χ0n) is 10.4. The van der Waals surface area contributed by atoms with Gasteiger partial charge >= 0.3 is 0 Å². The van der Waals surface area contributed by atoms with Gasteiger partial charge in [0.1, 0.15) is 0 Å². The zero-order chi connectivity index (χ0) is 11.4. The van der Waals surface area contributed by atoms with Crippen LogP contribution in [0.1, 0.15) is 57.6 Å². The molecule has 1 saturated carbocycles. The highest BCUT2D eigenvalue weighted by atomic mass is 16.3. The molecule has 16 heavy (non-hydrogen) atoms.